The van der Waals surface area contributed by atoms with Crippen molar-refractivity contribution in [3.63, 3.8) is 0 Å². The van der Waals surface area contributed by atoms with Crippen LogP contribution in [0.15, 0.2) is 54.7 Å². The average molecular weight is 454 g/mol. The number of aromatic nitrogens is 7. The lowest BCUT2D eigenvalue weighted by atomic mass is 10.0. The molecule has 0 aliphatic carbocycles. The van der Waals surface area contributed by atoms with Gasteiger partial charge in [-0.25, -0.2) is 9.55 Å². The molecule has 0 unspecified atom stereocenters. The summed E-state index contributed by atoms with van der Waals surface area (Å²) in [5, 5.41) is 15.7. The number of benzene rings is 2. The van der Waals surface area contributed by atoms with Gasteiger partial charge in [0.1, 0.15) is 11.6 Å². The molecule has 0 aliphatic rings. The van der Waals surface area contributed by atoms with Crippen LogP contribution in [0.4, 0.5) is 17.7 Å². The maximum absolute atomic E-state index is 11.9. The molecule has 0 radical (unpaired) electrons. The van der Waals surface area contributed by atoms with Gasteiger partial charge >= 0.3 is 0 Å². The van der Waals surface area contributed by atoms with Crippen LogP contribution in [0.1, 0.15) is 16.2 Å². The summed E-state index contributed by atoms with van der Waals surface area (Å²) in [6, 6.07) is 15.2. The minimum Gasteiger partial charge on any atom is -0.357 e. The summed E-state index contributed by atoms with van der Waals surface area (Å²) in [7, 11) is 3.37. The van der Waals surface area contributed by atoms with Crippen molar-refractivity contribution < 1.29 is 4.79 Å². The van der Waals surface area contributed by atoms with Gasteiger partial charge < -0.3 is 16.0 Å². The number of carbonyl (C=O) groups excluding carboxylic acids is 1. The minimum atomic E-state index is -0.125. The molecule has 0 bridgehead atoms. The molecule has 5 rings (SSSR count). The van der Waals surface area contributed by atoms with Crippen LogP contribution < -0.4 is 16.0 Å². The van der Waals surface area contributed by atoms with Crippen LogP contribution in [0.2, 0.25) is 0 Å². The van der Waals surface area contributed by atoms with Crippen molar-refractivity contribution in [1.82, 2.24) is 40.0 Å². The van der Waals surface area contributed by atoms with Gasteiger partial charge in [-0.15, -0.1) is 0 Å². The Bertz CT molecular complexity index is 1470. The van der Waals surface area contributed by atoms with E-state index in [4.69, 9.17) is 4.98 Å². The van der Waals surface area contributed by atoms with E-state index in [1.54, 1.807) is 38.5 Å². The van der Waals surface area contributed by atoms with Crippen molar-refractivity contribution in [3.05, 3.63) is 66.1 Å². The first-order valence-electron chi connectivity index (χ1n) is 10.6. The van der Waals surface area contributed by atoms with Gasteiger partial charge in [-0.1, -0.05) is 18.2 Å². The molecular weight excluding hydrogens is 432 g/mol. The zero-order chi connectivity index (χ0) is 23.7. The van der Waals surface area contributed by atoms with Crippen LogP contribution in [-0.4, -0.2) is 54.7 Å². The number of aryl methyl sites for hydroxylation is 1. The zero-order valence-corrected chi connectivity index (χ0v) is 18.8. The lowest BCUT2D eigenvalue weighted by Gasteiger charge is -2.10. The molecule has 0 atom stereocenters. The molecule has 170 valence electrons. The van der Waals surface area contributed by atoms with Gasteiger partial charge in [-0.3, -0.25) is 9.89 Å². The molecule has 5 aromatic rings. The molecule has 0 aliphatic heterocycles. The van der Waals surface area contributed by atoms with E-state index in [9.17, 15) is 4.79 Å². The molecule has 4 N–H and O–H groups in total. The van der Waals surface area contributed by atoms with Crippen molar-refractivity contribution >= 4 is 34.7 Å². The minimum absolute atomic E-state index is 0.125. The third-order valence-electron chi connectivity index (χ3n) is 5.27. The quantitative estimate of drug-likeness (QED) is 0.307. The topological polar surface area (TPSA) is 138 Å². The summed E-state index contributed by atoms with van der Waals surface area (Å²) < 4.78 is 1.84. The van der Waals surface area contributed by atoms with Gasteiger partial charge in [-0.2, -0.15) is 20.1 Å². The molecule has 0 saturated carbocycles. The first kappa shape index (κ1) is 21.1. The first-order chi connectivity index (χ1) is 16.6. The van der Waals surface area contributed by atoms with Crippen LogP contribution >= 0.6 is 0 Å². The normalized spacial score (nSPS) is 10.9. The fourth-order valence-electron chi connectivity index (χ4n) is 3.62. The Hall–Kier alpha value is -4.80. The summed E-state index contributed by atoms with van der Waals surface area (Å²) in [6.45, 7) is 1.81. The van der Waals surface area contributed by atoms with Crippen LogP contribution in [0.25, 0.3) is 28.1 Å². The van der Waals surface area contributed by atoms with Gasteiger partial charge in [-0.05, 0) is 42.3 Å². The van der Waals surface area contributed by atoms with Crippen LogP contribution in [0.5, 0.6) is 0 Å². The Balaban J connectivity index is 1.66. The molecule has 0 spiro atoms. The number of nitrogens with zero attached hydrogens (tertiary/aromatic N) is 6. The smallest absolute Gasteiger partial charge is 0.251 e. The van der Waals surface area contributed by atoms with Crippen molar-refractivity contribution in [1.29, 1.82) is 0 Å². The van der Waals surface area contributed by atoms with E-state index >= 15 is 0 Å². The third-order valence-corrected chi connectivity index (χ3v) is 5.27. The summed E-state index contributed by atoms with van der Waals surface area (Å²) in [6.07, 6.45) is 1.65. The van der Waals surface area contributed by atoms with Crippen LogP contribution in [0.3, 0.4) is 0 Å². The number of fused-ring (bicyclic) bond motifs is 1. The number of nitrogens with one attached hydrogen (secondary N) is 4. The second kappa shape index (κ2) is 8.62. The second-order valence-corrected chi connectivity index (χ2v) is 7.48. The van der Waals surface area contributed by atoms with E-state index in [2.05, 4.69) is 41.1 Å². The molecule has 11 nitrogen and oxygen atoms in total. The van der Waals surface area contributed by atoms with Crippen LogP contribution in [-0.2, 0) is 0 Å². The summed E-state index contributed by atoms with van der Waals surface area (Å²) >= 11 is 0. The predicted molar refractivity (Wildman–Crippen MR) is 129 cm³/mol. The molecule has 1 amide bonds. The molecular formula is C23H22N10O. The highest BCUT2D eigenvalue weighted by molar-refractivity contribution is 5.94. The Morgan fingerprint density at radius 2 is 1.74 bits per heavy atom. The van der Waals surface area contributed by atoms with E-state index in [0.717, 1.165) is 22.2 Å². The highest BCUT2D eigenvalue weighted by Gasteiger charge is 2.18. The SMILES string of the molecule is CNC(=O)c1ccc(-c2ccc3nc(Nc4ccn[nH]4)n(-c4nc(C)nc(NC)n4)c3c2)cc1. The predicted octanol–water partition coefficient (Wildman–Crippen LogP) is 3.05. The first-order valence-corrected chi connectivity index (χ1v) is 10.6. The maximum atomic E-state index is 11.9. The van der Waals surface area contributed by atoms with E-state index in [1.807, 2.05) is 41.8 Å². The van der Waals surface area contributed by atoms with Gasteiger partial charge in [0, 0.05) is 25.7 Å². The van der Waals surface area contributed by atoms with Gasteiger partial charge in [0.05, 0.1) is 17.2 Å². The molecule has 2 aromatic carbocycles. The Kier molecular flexibility index (Phi) is 5.34. The number of carbonyl (C=O) groups is 1. The number of anilines is 3. The van der Waals surface area contributed by atoms with Crippen molar-refractivity contribution in [2.45, 2.75) is 6.92 Å². The number of amides is 1. The highest BCUT2D eigenvalue weighted by Crippen LogP contribution is 2.30. The number of hydrogen-bond donors (Lipinski definition) is 4. The monoisotopic (exact) mass is 454 g/mol. The highest BCUT2D eigenvalue weighted by atomic mass is 16.1. The Morgan fingerprint density at radius 1 is 0.941 bits per heavy atom. The van der Waals surface area contributed by atoms with Crippen molar-refractivity contribution in [3.8, 4) is 17.1 Å². The zero-order valence-electron chi connectivity index (χ0n) is 18.8. The van der Waals surface area contributed by atoms with Gasteiger partial charge in [0.25, 0.3) is 5.91 Å². The lowest BCUT2D eigenvalue weighted by molar-refractivity contribution is 0.0963. The number of aromatic amines is 1. The second-order valence-electron chi connectivity index (χ2n) is 7.48. The van der Waals surface area contributed by atoms with E-state index in [1.165, 1.54) is 0 Å². The molecule has 11 heteroatoms. The van der Waals surface area contributed by atoms with Gasteiger partial charge in [0.15, 0.2) is 0 Å². The average Bonchev–Trinajstić information content (AvgIpc) is 3.50. The number of rotatable bonds is 6. The Morgan fingerprint density at radius 3 is 2.44 bits per heavy atom. The number of H-pyrrole nitrogens is 1. The van der Waals surface area contributed by atoms with Gasteiger partial charge in [0.2, 0.25) is 17.8 Å². The molecule has 3 heterocycles. The van der Waals surface area contributed by atoms with Crippen molar-refractivity contribution in [2.75, 3.05) is 24.7 Å². The van der Waals surface area contributed by atoms with E-state index in [-0.39, 0.29) is 5.91 Å². The molecule has 3 aromatic heterocycles. The molecule has 0 fully saturated rings. The summed E-state index contributed by atoms with van der Waals surface area (Å²) in [4.78, 5) is 30.1. The fourth-order valence-corrected chi connectivity index (χ4v) is 3.62. The third kappa shape index (κ3) is 3.90. The Labute approximate surface area is 194 Å². The van der Waals surface area contributed by atoms with E-state index < -0.39 is 0 Å². The van der Waals surface area contributed by atoms with Crippen molar-refractivity contribution in [2.24, 2.45) is 0 Å². The molecule has 34 heavy (non-hydrogen) atoms. The number of imidazole rings is 1. The summed E-state index contributed by atoms with van der Waals surface area (Å²) in [5.74, 6) is 2.54. The fraction of sp³-hybridized carbons (Fsp3) is 0.130. The standard InChI is InChI=1S/C23H22N10O/c1-13-27-21(25-3)31-22(28-13)33-18-12-16(14-4-6-15(7-5-14)20(34)24-2)8-9-17(18)29-23(33)30-19-10-11-26-32-19/h4-12H,1-3H3,(H,24,34)(H,25,27,28,31)(H2,26,29,30,32). The molecule has 0 saturated heterocycles. The number of hydrogen-bond acceptors (Lipinski definition) is 8. The lowest BCUT2D eigenvalue weighted by Crippen LogP contribution is -2.17. The summed E-state index contributed by atoms with van der Waals surface area (Å²) in [5.41, 5.74) is 4.10. The maximum Gasteiger partial charge on any atom is 0.251 e. The largest absolute Gasteiger partial charge is 0.357 e. The van der Waals surface area contributed by atoms with Crippen LogP contribution in [0, 0.1) is 6.92 Å². The van der Waals surface area contributed by atoms with E-state index in [0.29, 0.717) is 35.1 Å².